The Morgan fingerprint density at radius 1 is 0.397 bits per heavy atom. The summed E-state index contributed by atoms with van der Waals surface area (Å²) in [5, 5.41) is 0. The molecule has 0 saturated heterocycles. The predicted octanol–water partition coefficient (Wildman–Crippen LogP) is 16.2. The van der Waals surface area contributed by atoms with Gasteiger partial charge in [-0.15, -0.1) is 0 Å². The summed E-state index contributed by atoms with van der Waals surface area (Å²) in [6.45, 7) is 4.81. The van der Waals surface area contributed by atoms with Gasteiger partial charge in [-0.05, 0) is 142 Å². The van der Waals surface area contributed by atoms with Gasteiger partial charge in [0.1, 0.15) is 0 Å². The van der Waals surface area contributed by atoms with Gasteiger partial charge in [0.05, 0.1) is 17.1 Å². The van der Waals surface area contributed by atoms with Gasteiger partial charge in [0, 0.05) is 33.5 Å². The second-order valence-electron chi connectivity index (χ2n) is 19.1. The topological polar surface area (TPSA) is 6.48 Å². The van der Waals surface area contributed by atoms with Crippen molar-refractivity contribution in [1.82, 2.24) is 0 Å². The number of benzene rings is 8. The number of rotatable bonds is 7. The summed E-state index contributed by atoms with van der Waals surface area (Å²) in [4.78, 5) is 5.25. The molecule has 1 saturated carbocycles. The van der Waals surface area contributed by atoms with Crippen LogP contribution in [0.1, 0.15) is 79.3 Å². The molecular weight excluding hydrogens is 761 g/mol. The third-order valence-electron chi connectivity index (χ3n) is 15.5. The summed E-state index contributed by atoms with van der Waals surface area (Å²) in [6.07, 6.45) is 8.56. The molecular formula is C61H54N2. The number of anilines is 6. The first kappa shape index (κ1) is 38.1. The van der Waals surface area contributed by atoms with Gasteiger partial charge >= 0.3 is 0 Å². The van der Waals surface area contributed by atoms with E-state index in [2.05, 4.69) is 218 Å². The highest BCUT2D eigenvalue weighted by Crippen LogP contribution is 2.66. The van der Waals surface area contributed by atoms with Crippen LogP contribution in [0.25, 0.3) is 22.3 Å². The standard InChI is InChI=1S/C61H54N2/c1-60(2)53-33-17-15-32-51(53)52-38-37-49(41-54(52)60)62(47-27-11-5-12-28-47)56-35-19-23-43-39-45-25-9-4-10-26-46-40-44-24-20-36-57(59(44)61(45,46)58(43)56)63(48-29-13-6-14-30-48)55-34-18-16-31-50(55)42-21-7-3-8-22-42/h3,5-8,11-24,27-38,41,45-46H,4,9-10,25-26,39-40H2,1-2H3. The molecule has 308 valence electrons. The van der Waals surface area contributed by atoms with E-state index < -0.39 is 0 Å². The van der Waals surface area contributed by atoms with Crippen molar-refractivity contribution >= 4 is 34.1 Å². The van der Waals surface area contributed by atoms with Crippen molar-refractivity contribution in [3.8, 4) is 22.3 Å². The van der Waals surface area contributed by atoms with Crippen LogP contribution in [0.2, 0.25) is 0 Å². The fraction of sp³-hybridized carbons (Fsp3) is 0.213. The minimum atomic E-state index is -0.174. The molecule has 8 aromatic carbocycles. The summed E-state index contributed by atoms with van der Waals surface area (Å²) in [6, 6.07) is 73.3. The second kappa shape index (κ2) is 15.0. The predicted molar refractivity (Wildman–Crippen MR) is 264 cm³/mol. The maximum Gasteiger partial charge on any atom is 0.0540 e. The van der Waals surface area contributed by atoms with Crippen molar-refractivity contribution < 1.29 is 0 Å². The molecule has 2 nitrogen and oxygen atoms in total. The molecule has 0 bridgehead atoms. The van der Waals surface area contributed by atoms with E-state index in [1.165, 1.54) is 111 Å². The molecule has 0 amide bonds. The van der Waals surface area contributed by atoms with Crippen molar-refractivity contribution in [2.45, 2.75) is 69.6 Å². The van der Waals surface area contributed by atoms with E-state index in [9.17, 15) is 0 Å². The zero-order valence-corrected chi connectivity index (χ0v) is 36.5. The van der Waals surface area contributed by atoms with E-state index in [-0.39, 0.29) is 10.8 Å². The molecule has 0 radical (unpaired) electrons. The summed E-state index contributed by atoms with van der Waals surface area (Å²) in [7, 11) is 0. The van der Waals surface area contributed by atoms with Crippen LogP contribution in [-0.4, -0.2) is 0 Å². The molecule has 12 rings (SSSR count). The first-order valence-corrected chi connectivity index (χ1v) is 23.4. The van der Waals surface area contributed by atoms with Crippen LogP contribution in [0, 0.1) is 11.8 Å². The summed E-state index contributed by atoms with van der Waals surface area (Å²) >= 11 is 0. The lowest BCUT2D eigenvalue weighted by molar-refractivity contribution is 0.205. The number of nitrogens with zero attached hydrogens (tertiary/aromatic N) is 2. The Labute approximate surface area is 373 Å². The molecule has 2 heteroatoms. The normalized spacial score (nSPS) is 20.0. The highest BCUT2D eigenvalue weighted by atomic mass is 15.2. The molecule has 1 spiro atoms. The number of fused-ring (bicyclic) bond motifs is 5. The van der Waals surface area contributed by atoms with E-state index in [0.29, 0.717) is 11.8 Å². The Morgan fingerprint density at radius 2 is 0.905 bits per heavy atom. The van der Waals surface area contributed by atoms with Crippen molar-refractivity contribution in [2.75, 3.05) is 9.80 Å². The molecule has 8 aromatic rings. The van der Waals surface area contributed by atoms with Gasteiger partial charge in [0.25, 0.3) is 0 Å². The third-order valence-corrected chi connectivity index (χ3v) is 15.5. The van der Waals surface area contributed by atoms with Gasteiger partial charge in [-0.3, -0.25) is 0 Å². The number of hydrogen-bond acceptors (Lipinski definition) is 2. The van der Waals surface area contributed by atoms with E-state index in [1.807, 2.05) is 0 Å². The van der Waals surface area contributed by atoms with Crippen molar-refractivity contribution in [3.63, 3.8) is 0 Å². The fourth-order valence-electron chi connectivity index (χ4n) is 12.9. The van der Waals surface area contributed by atoms with Crippen LogP contribution in [0.3, 0.4) is 0 Å². The molecule has 3 atom stereocenters. The van der Waals surface area contributed by atoms with Crippen molar-refractivity contribution in [1.29, 1.82) is 0 Å². The van der Waals surface area contributed by atoms with Crippen LogP contribution in [0.15, 0.2) is 194 Å². The molecule has 0 heterocycles. The highest BCUT2D eigenvalue weighted by Gasteiger charge is 2.59. The van der Waals surface area contributed by atoms with Crippen LogP contribution >= 0.6 is 0 Å². The van der Waals surface area contributed by atoms with Crippen molar-refractivity contribution in [2.24, 2.45) is 11.8 Å². The molecule has 0 aromatic heterocycles. The fourth-order valence-corrected chi connectivity index (χ4v) is 12.9. The minimum absolute atomic E-state index is 0.104. The average molecular weight is 815 g/mol. The maximum atomic E-state index is 2.63. The van der Waals surface area contributed by atoms with E-state index in [1.54, 1.807) is 11.1 Å². The number of hydrogen-bond donors (Lipinski definition) is 0. The number of para-hydroxylation sites is 3. The van der Waals surface area contributed by atoms with Crippen LogP contribution in [0.5, 0.6) is 0 Å². The SMILES string of the molecule is CC1(C)c2ccccc2-c2ccc(N(c3ccccc3)c3cccc4c3C35c6c(cccc6N(c6ccccc6)c6ccccc6-c6ccccc6)CC3CCCCCC5C4)cc21. The summed E-state index contributed by atoms with van der Waals surface area (Å²) in [5.41, 5.74) is 21.4. The highest BCUT2D eigenvalue weighted by molar-refractivity contribution is 5.92. The van der Waals surface area contributed by atoms with Gasteiger partial charge < -0.3 is 9.80 Å². The average Bonchev–Trinajstić information content (AvgIpc) is 3.91. The Kier molecular flexibility index (Phi) is 9.08. The van der Waals surface area contributed by atoms with Gasteiger partial charge in [-0.25, -0.2) is 0 Å². The van der Waals surface area contributed by atoms with E-state index in [0.717, 1.165) is 12.8 Å². The quantitative estimate of drug-likeness (QED) is 0.158. The molecule has 4 aliphatic carbocycles. The lowest BCUT2D eigenvalue weighted by Crippen LogP contribution is -2.40. The van der Waals surface area contributed by atoms with Gasteiger partial charge in [-0.1, -0.05) is 173 Å². The molecule has 3 unspecified atom stereocenters. The van der Waals surface area contributed by atoms with E-state index in [4.69, 9.17) is 0 Å². The third kappa shape index (κ3) is 5.83. The maximum absolute atomic E-state index is 2.63. The Hall–Kier alpha value is -6.64. The van der Waals surface area contributed by atoms with Crippen LogP contribution in [-0.2, 0) is 23.7 Å². The summed E-state index contributed by atoms with van der Waals surface area (Å²) in [5.74, 6) is 0.990. The van der Waals surface area contributed by atoms with E-state index >= 15 is 0 Å². The Bertz CT molecular complexity index is 2980. The smallest absolute Gasteiger partial charge is 0.0540 e. The molecule has 0 aliphatic heterocycles. The summed E-state index contributed by atoms with van der Waals surface area (Å²) < 4.78 is 0. The largest absolute Gasteiger partial charge is 0.310 e. The van der Waals surface area contributed by atoms with Crippen LogP contribution in [0.4, 0.5) is 34.1 Å². The van der Waals surface area contributed by atoms with Gasteiger partial charge in [-0.2, -0.15) is 0 Å². The zero-order valence-electron chi connectivity index (χ0n) is 36.5. The molecule has 1 fully saturated rings. The Morgan fingerprint density at radius 3 is 1.56 bits per heavy atom. The first-order chi connectivity index (χ1) is 31.0. The van der Waals surface area contributed by atoms with Gasteiger partial charge in [0.2, 0.25) is 0 Å². The second-order valence-corrected chi connectivity index (χ2v) is 19.1. The lowest BCUT2D eigenvalue weighted by Gasteiger charge is -2.45. The Balaban J connectivity index is 1.13. The minimum Gasteiger partial charge on any atom is -0.310 e. The molecule has 4 aliphatic rings. The zero-order chi connectivity index (χ0) is 42.1. The lowest BCUT2D eigenvalue weighted by atomic mass is 9.60. The molecule has 63 heavy (non-hydrogen) atoms. The molecule has 0 N–H and O–H groups in total. The van der Waals surface area contributed by atoms with Gasteiger partial charge in [0.15, 0.2) is 0 Å². The monoisotopic (exact) mass is 814 g/mol. The van der Waals surface area contributed by atoms with Crippen molar-refractivity contribution in [3.05, 3.63) is 228 Å². The van der Waals surface area contributed by atoms with Crippen LogP contribution < -0.4 is 9.80 Å². The first-order valence-electron chi connectivity index (χ1n) is 23.4.